The highest BCUT2D eigenvalue weighted by Gasteiger charge is 2.33. The van der Waals surface area contributed by atoms with E-state index in [1.807, 2.05) is 0 Å². The number of aliphatic hydroxyl groups excluding tert-OH is 2. The molecule has 9 heteroatoms. The third-order valence-electron chi connectivity index (χ3n) is 3.69. The minimum atomic E-state index is -1.46. The summed E-state index contributed by atoms with van der Waals surface area (Å²) in [6.45, 7) is 3.97. The lowest BCUT2D eigenvalue weighted by Crippen LogP contribution is -2.47. The van der Waals surface area contributed by atoms with Crippen molar-refractivity contribution >= 4 is 29.1 Å². The number of carbonyl (C=O) groups is 2. The Hall–Kier alpha value is -1.77. The number of anilines is 1. The van der Waals surface area contributed by atoms with E-state index in [9.17, 15) is 23.5 Å². The monoisotopic (exact) mass is 378 g/mol. The van der Waals surface area contributed by atoms with Gasteiger partial charge in [0.1, 0.15) is 17.7 Å². The molecule has 0 bridgehead atoms. The first kappa shape index (κ1) is 21.3. The van der Waals surface area contributed by atoms with Crippen LogP contribution in [0.4, 0.5) is 14.5 Å². The average Bonchev–Trinajstić information content (AvgIpc) is 2.56. The van der Waals surface area contributed by atoms with E-state index in [4.69, 9.17) is 16.7 Å². The normalized spacial score (nSPS) is 13.9. The summed E-state index contributed by atoms with van der Waals surface area (Å²) in [7, 11) is 0. The quantitative estimate of drug-likeness (QED) is 0.543. The minimum absolute atomic E-state index is 0.125. The van der Waals surface area contributed by atoms with Crippen molar-refractivity contribution in [2.45, 2.75) is 26.9 Å². The van der Waals surface area contributed by atoms with Crippen LogP contribution >= 0.6 is 11.6 Å². The Morgan fingerprint density at radius 3 is 2.40 bits per heavy atom. The fraction of sp³-hybridized carbons (Fsp3) is 0.500. The van der Waals surface area contributed by atoms with Gasteiger partial charge >= 0.3 is 0 Å². The molecule has 140 valence electrons. The van der Waals surface area contributed by atoms with Crippen molar-refractivity contribution in [3.8, 4) is 0 Å². The topological polar surface area (TPSA) is 98.7 Å². The molecule has 25 heavy (non-hydrogen) atoms. The SMILES string of the molecule is C[C@@H](CNC(=O)[C@H](O)C(C)(C)CO)C(=O)Nc1cc(Cl)c(F)cc1F. The fourth-order valence-corrected chi connectivity index (χ4v) is 1.92. The van der Waals surface area contributed by atoms with Gasteiger partial charge in [-0.05, 0) is 6.07 Å². The van der Waals surface area contributed by atoms with Crippen LogP contribution in [0.15, 0.2) is 12.1 Å². The van der Waals surface area contributed by atoms with Gasteiger partial charge in [-0.2, -0.15) is 0 Å². The van der Waals surface area contributed by atoms with Crippen LogP contribution < -0.4 is 10.6 Å². The van der Waals surface area contributed by atoms with Crippen LogP contribution in [0.25, 0.3) is 0 Å². The number of nitrogens with one attached hydrogen (secondary N) is 2. The molecule has 0 unspecified atom stereocenters. The molecule has 2 atom stereocenters. The first-order valence-corrected chi connectivity index (χ1v) is 7.89. The molecule has 1 rings (SSSR count). The predicted molar refractivity (Wildman–Crippen MR) is 89.0 cm³/mol. The minimum Gasteiger partial charge on any atom is -0.396 e. The second kappa shape index (κ2) is 8.55. The van der Waals surface area contributed by atoms with Crippen LogP contribution in [-0.2, 0) is 9.59 Å². The number of aliphatic hydroxyl groups is 2. The number of halogens is 3. The van der Waals surface area contributed by atoms with E-state index in [0.717, 1.165) is 6.07 Å². The molecule has 0 spiro atoms. The summed E-state index contributed by atoms with van der Waals surface area (Å²) >= 11 is 5.54. The van der Waals surface area contributed by atoms with Crippen molar-refractivity contribution < 1.29 is 28.6 Å². The zero-order valence-electron chi connectivity index (χ0n) is 14.1. The van der Waals surface area contributed by atoms with Gasteiger partial charge in [-0.15, -0.1) is 0 Å². The van der Waals surface area contributed by atoms with Crippen molar-refractivity contribution in [1.29, 1.82) is 0 Å². The summed E-state index contributed by atoms with van der Waals surface area (Å²) in [6, 6.07) is 1.50. The molecule has 0 aromatic heterocycles. The van der Waals surface area contributed by atoms with E-state index < -0.39 is 47.5 Å². The van der Waals surface area contributed by atoms with Crippen LogP contribution in [0.3, 0.4) is 0 Å². The Kier molecular flexibility index (Phi) is 7.28. The van der Waals surface area contributed by atoms with E-state index in [2.05, 4.69) is 10.6 Å². The molecule has 0 aliphatic heterocycles. The average molecular weight is 379 g/mol. The first-order valence-electron chi connectivity index (χ1n) is 7.51. The second-order valence-corrected chi connectivity index (χ2v) is 6.84. The van der Waals surface area contributed by atoms with Gasteiger partial charge in [0.25, 0.3) is 0 Å². The molecule has 0 saturated heterocycles. The Morgan fingerprint density at radius 2 is 1.84 bits per heavy atom. The van der Waals surface area contributed by atoms with Gasteiger partial charge in [0, 0.05) is 18.0 Å². The Morgan fingerprint density at radius 1 is 1.24 bits per heavy atom. The Bertz CT molecular complexity index is 655. The molecule has 0 aliphatic rings. The maximum Gasteiger partial charge on any atom is 0.249 e. The summed E-state index contributed by atoms with van der Waals surface area (Å²) < 4.78 is 26.7. The molecule has 4 N–H and O–H groups in total. The number of amides is 2. The first-order chi connectivity index (χ1) is 11.5. The van der Waals surface area contributed by atoms with Gasteiger partial charge < -0.3 is 20.8 Å². The molecule has 0 radical (unpaired) electrons. The van der Waals surface area contributed by atoms with Crippen LogP contribution in [0.2, 0.25) is 5.02 Å². The zero-order valence-corrected chi connectivity index (χ0v) is 14.8. The molecule has 0 saturated carbocycles. The van der Waals surface area contributed by atoms with E-state index in [1.165, 1.54) is 20.8 Å². The summed E-state index contributed by atoms with van der Waals surface area (Å²) in [4.78, 5) is 23.9. The molecule has 1 aromatic carbocycles. The number of hydrogen-bond donors (Lipinski definition) is 4. The molecule has 0 heterocycles. The molecular formula is C16H21ClF2N2O4. The van der Waals surface area contributed by atoms with Gasteiger partial charge in [0.15, 0.2) is 0 Å². The highest BCUT2D eigenvalue weighted by atomic mass is 35.5. The lowest BCUT2D eigenvalue weighted by Gasteiger charge is -2.27. The maximum absolute atomic E-state index is 13.6. The van der Waals surface area contributed by atoms with Crippen molar-refractivity contribution in [2.75, 3.05) is 18.5 Å². The third kappa shape index (κ3) is 5.62. The molecule has 1 aromatic rings. The molecular weight excluding hydrogens is 358 g/mol. The smallest absolute Gasteiger partial charge is 0.249 e. The van der Waals surface area contributed by atoms with Gasteiger partial charge in [0.05, 0.1) is 23.2 Å². The van der Waals surface area contributed by atoms with Crippen molar-refractivity contribution in [3.63, 3.8) is 0 Å². The maximum atomic E-state index is 13.6. The van der Waals surface area contributed by atoms with Crippen molar-refractivity contribution in [1.82, 2.24) is 5.32 Å². The van der Waals surface area contributed by atoms with Crippen LogP contribution in [-0.4, -0.2) is 41.3 Å². The van der Waals surface area contributed by atoms with Crippen LogP contribution in [0, 0.1) is 23.0 Å². The molecule has 0 fully saturated rings. The number of benzene rings is 1. The number of rotatable bonds is 7. The highest BCUT2D eigenvalue weighted by Crippen LogP contribution is 2.23. The predicted octanol–water partition coefficient (Wildman–Crippen LogP) is 1.69. The van der Waals surface area contributed by atoms with E-state index >= 15 is 0 Å². The van der Waals surface area contributed by atoms with Gasteiger partial charge in [-0.25, -0.2) is 8.78 Å². The van der Waals surface area contributed by atoms with E-state index in [0.29, 0.717) is 6.07 Å². The standard InChI is InChI=1S/C16H21ClF2N2O4/c1-8(6-20-15(25)13(23)16(2,3)7-22)14(24)21-12-4-9(17)10(18)5-11(12)19/h4-5,8,13,22-23H,6-7H2,1-3H3,(H,20,25)(H,21,24)/t8-,13-/m0/s1. The summed E-state index contributed by atoms with van der Waals surface area (Å²) in [5.41, 5.74) is -1.32. The van der Waals surface area contributed by atoms with Crippen molar-refractivity contribution in [3.05, 3.63) is 28.8 Å². The Balaban J connectivity index is 2.63. The lowest BCUT2D eigenvalue weighted by atomic mass is 9.87. The van der Waals surface area contributed by atoms with Gasteiger partial charge in [-0.3, -0.25) is 9.59 Å². The number of carbonyl (C=O) groups excluding carboxylic acids is 2. The van der Waals surface area contributed by atoms with Gasteiger partial charge in [0.2, 0.25) is 11.8 Å². The highest BCUT2D eigenvalue weighted by molar-refractivity contribution is 6.31. The third-order valence-corrected chi connectivity index (χ3v) is 3.98. The van der Waals surface area contributed by atoms with Crippen molar-refractivity contribution in [2.24, 2.45) is 11.3 Å². The fourth-order valence-electron chi connectivity index (χ4n) is 1.76. The summed E-state index contributed by atoms with van der Waals surface area (Å²) in [5, 5.41) is 23.3. The zero-order chi connectivity index (χ0) is 19.4. The van der Waals surface area contributed by atoms with Crippen LogP contribution in [0.5, 0.6) is 0 Å². The molecule has 0 aliphatic carbocycles. The van der Waals surface area contributed by atoms with E-state index in [-0.39, 0.29) is 17.3 Å². The summed E-state index contributed by atoms with van der Waals surface area (Å²) in [6.07, 6.45) is -1.46. The lowest BCUT2D eigenvalue weighted by molar-refractivity contribution is -0.137. The summed E-state index contributed by atoms with van der Waals surface area (Å²) in [5.74, 6) is -4.06. The van der Waals surface area contributed by atoms with E-state index in [1.54, 1.807) is 0 Å². The largest absolute Gasteiger partial charge is 0.396 e. The molecule has 2 amide bonds. The second-order valence-electron chi connectivity index (χ2n) is 6.43. The Labute approximate surface area is 149 Å². The molecule has 6 nitrogen and oxygen atoms in total. The van der Waals surface area contributed by atoms with Crippen LogP contribution in [0.1, 0.15) is 20.8 Å². The van der Waals surface area contributed by atoms with Gasteiger partial charge in [-0.1, -0.05) is 32.4 Å². The number of hydrogen-bond acceptors (Lipinski definition) is 4.